The van der Waals surface area contributed by atoms with Crippen LogP contribution in [0.15, 0.2) is 24.8 Å². The summed E-state index contributed by atoms with van der Waals surface area (Å²) in [4.78, 5) is 22.6. The van der Waals surface area contributed by atoms with Crippen molar-refractivity contribution in [1.29, 1.82) is 0 Å². The van der Waals surface area contributed by atoms with Crippen LogP contribution in [0.4, 0.5) is 11.5 Å². The van der Waals surface area contributed by atoms with Gasteiger partial charge in [-0.05, 0) is 25.0 Å². The molecule has 3 rings (SSSR count). The molecule has 1 fully saturated rings. The highest BCUT2D eigenvalue weighted by Crippen LogP contribution is 2.32. The molecule has 24 heavy (non-hydrogen) atoms. The molecule has 0 aliphatic carbocycles. The summed E-state index contributed by atoms with van der Waals surface area (Å²) in [7, 11) is 1.56. The highest BCUT2D eigenvalue weighted by Gasteiger charge is 2.25. The van der Waals surface area contributed by atoms with Gasteiger partial charge in [-0.1, -0.05) is 6.58 Å². The van der Waals surface area contributed by atoms with E-state index in [4.69, 9.17) is 16.2 Å². The van der Waals surface area contributed by atoms with Gasteiger partial charge < -0.3 is 21.1 Å². The lowest BCUT2D eigenvalue weighted by atomic mass is 9.95. The number of nitrogens with two attached hydrogens (primary N) is 2. The van der Waals surface area contributed by atoms with Crippen LogP contribution in [0.1, 0.15) is 24.6 Å². The smallest absolute Gasteiger partial charge is 0.245 e. The van der Waals surface area contributed by atoms with Gasteiger partial charge in [-0.3, -0.25) is 4.79 Å². The number of methoxy groups -OCH3 is 1. The number of rotatable bonds is 3. The molecule has 4 N–H and O–H groups in total. The van der Waals surface area contributed by atoms with Gasteiger partial charge in [-0.2, -0.15) is 0 Å². The number of likely N-dealkylation sites (tertiary alicyclic amines) is 1. The minimum Gasteiger partial charge on any atom is -0.495 e. The fraction of sp³-hybridized carbons (Fsp3) is 0.353. The van der Waals surface area contributed by atoms with Crippen LogP contribution in [0.2, 0.25) is 0 Å². The molecule has 0 unspecified atom stereocenters. The second kappa shape index (κ2) is 6.35. The van der Waals surface area contributed by atoms with Crippen LogP contribution in [0.3, 0.4) is 0 Å². The molecule has 1 aliphatic heterocycles. The number of nitrogen functional groups attached to an aromatic ring is 2. The molecule has 0 radical (unpaired) electrons. The van der Waals surface area contributed by atoms with E-state index in [9.17, 15) is 4.79 Å². The number of amides is 1. The molecule has 2 heterocycles. The number of hydrogen-bond donors (Lipinski definition) is 2. The number of benzene rings is 1. The summed E-state index contributed by atoms with van der Waals surface area (Å²) < 4.78 is 5.25. The summed E-state index contributed by atoms with van der Waals surface area (Å²) in [5.41, 5.74) is 13.2. The topological polar surface area (TPSA) is 107 Å². The number of aromatic nitrogens is 2. The van der Waals surface area contributed by atoms with Gasteiger partial charge >= 0.3 is 0 Å². The Morgan fingerprint density at radius 3 is 2.67 bits per heavy atom. The average molecular weight is 327 g/mol. The molecule has 0 atom stereocenters. The Bertz CT molecular complexity index is 797. The first-order chi connectivity index (χ1) is 11.5. The van der Waals surface area contributed by atoms with E-state index in [1.807, 2.05) is 0 Å². The lowest BCUT2D eigenvalue weighted by Crippen LogP contribution is -2.37. The van der Waals surface area contributed by atoms with E-state index in [2.05, 4.69) is 16.5 Å². The predicted octanol–water partition coefficient (Wildman–Crippen LogP) is 1.69. The quantitative estimate of drug-likeness (QED) is 0.656. The monoisotopic (exact) mass is 327 g/mol. The van der Waals surface area contributed by atoms with Crippen molar-refractivity contribution in [1.82, 2.24) is 14.9 Å². The largest absolute Gasteiger partial charge is 0.495 e. The lowest BCUT2D eigenvalue weighted by molar-refractivity contribution is -0.127. The number of anilines is 2. The molecule has 0 bridgehead atoms. The SMILES string of the molecule is C=CC(=O)N1CCC(c2nc(N)c3cc(N)c(OC)cc3n2)CC1. The molecule has 1 aromatic heterocycles. The highest BCUT2D eigenvalue weighted by atomic mass is 16.5. The first-order valence-corrected chi connectivity index (χ1v) is 7.85. The zero-order valence-electron chi connectivity index (χ0n) is 13.7. The van der Waals surface area contributed by atoms with E-state index < -0.39 is 0 Å². The Kier molecular flexibility index (Phi) is 4.24. The third-order valence-corrected chi connectivity index (χ3v) is 4.44. The Labute approximate surface area is 140 Å². The van der Waals surface area contributed by atoms with Gasteiger partial charge in [0.05, 0.1) is 18.3 Å². The van der Waals surface area contributed by atoms with Gasteiger partial charge in [0.1, 0.15) is 17.4 Å². The van der Waals surface area contributed by atoms with Gasteiger partial charge in [0.2, 0.25) is 5.91 Å². The molecule has 2 aromatic rings. The van der Waals surface area contributed by atoms with Crippen molar-refractivity contribution in [2.24, 2.45) is 0 Å². The molecule has 7 nitrogen and oxygen atoms in total. The summed E-state index contributed by atoms with van der Waals surface area (Å²) in [6, 6.07) is 3.52. The summed E-state index contributed by atoms with van der Waals surface area (Å²) in [6.45, 7) is 4.86. The molecule has 7 heteroatoms. The van der Waals surface area contributed by atoms with Crippen LogP contribution in [0, 0.1) is 0 Å². The van der Waals surface area contributed by atoms with Gasteiger partial charge in [-0.15, -0.1) is 0 Å². The summed E-state index contributed by atoms with van der Waals surface area (Å²) in [5, 5.41) is 0.719. The van der Waals surface area contributed by atoms with Gasteiger partial charge in [0.25, 0.3) is 0 Å². The van der Waals surface area contributed by atoms with Crippen LogP contribution in [0.5, 0.6) is 5.75 Å². The molecular formula is C17H21N5O2. The van der Waals surface area contributed by atoms with Crippen molar-refractivity contribution >= 4 is 28.3 Å². The zero-order chi connectivity index (χ0) is 17.3. The number of ether oxygens (including phenoxy) is 1. The number of hydrogen-bond acceptors (Lipinski definition) is 6. The summed E-state index contributed by atoms with van der Waals surface area (Å²) in [6.07, 6.45) is 2.95. The normalized spacial score (nSPS) is 15.5. The molecule has 1 aromatic carbocycles. The maximum Gasteiger partial charge on any atom is 0.245 e. The second-order valence-corrected chi connectivity index (χ2v) is 5.88. The number of nitrogens with zero attached hydrogens (tertiary/aromatic N) is 3. The van der Waals surface area contributed by atoms with Crippen molar-refractivity contribution in [2.75, 3.05) is 31.7 Å². The molecule has 1 amide bonds. The Hall–Kier alpha value is -2.83. The van der Waals surface area contributed by atoms with E-state index in [-0.39, 0.29) is 11.8 Å². The van der Waals surface area contributed by atoms with Crippen LogP contribution in [-0.2, 0) is 4.79 Å². The van der Waals surface area contributed by atoms with E-state index in [0.717, 1.165) is 18.2 Å². The van der Waals surface area contributed by atoms with Crippen molar-refractivity contribution < 1.29 is 9.53 Å². The van der Waals surface area contributed by atoms with Gasteiger partial charge in [0, 0.05) is 30.5 Å². The van der Waals surface area contributed by atoms with Crippen molar-refractivity contribution in [3.63, 3.8) is 0 Å². The first-order valence-electron chi connectivity index (χ1n) is 7.85. The zero-order valence-corrected chi connectivity index (χ0v) is 13.7. The Morgan fingerprint density at radius 1 is 1.33 bits per heavy atom. The summed E-state index contributed by atoms with van der Waals surface area (Å²) >= 11 is 0. The molecule has 1 aliphatic rings. The lowest BCUT2D eigenvalue weighted by Gasteiger charge is -2.30. The van der Waals surface area contributed by atoms with Crippen molar-refractivity contribution in [3.8, 4) is 5.75 Å². The fourth-order valence-corrected chi connectivity index (χ4v) is 3.06. The van der Waals surface area contributed by atoms with Crippen LogP contribution in [0.25, 0.3) is 10.9 Å². The summed E-state index contributed by atoms with van der Waals surface area (Å²) in [5.74, 6) is 1.83. The Balaban J connectivity index is 1.89. The van der Waals surface area contributed by atoms with Gasteiger partial charge in [0.15, 0.2) is 0 Å². The minimum absolute atomic E-state index is 0.0346. The predicted molar refractivity (Wildman–Crippen MR) is 93.7 cm³/mol. The number of fused-ring (bicyclic) bond motifs is 1. The van der Waals surface area contributed by atoms with E-state index in [1.54, 1.807) is 24.1 Å². The number of carbonyl (C=O) groups is 1. The molecule has 126 valence electrons. The van der Waals surface area contributed by atoms with Crippen LogP contribution < -0.4 is 16.2 Å². The standard InChI is InChI=1S/C17H21N5O2/c1-3-15(23)22-6-4-10(5-7-22)17-20-13-9-14(24-2)12(18)8-11(13)16(19)21-17/h3,8-10H,1,4-7,18H2,2H3,(H2,19,20,21). The van der Waals surface area contributed by atoms with Crippen molar-refractivity contribution in [3.05, 3.63) is 30.6 Å². The molecule has 0 saturated carbocycles. The van der Waals surface area contributed by atoms with Crippen LogP contribution in [-0.4, -0.2) is 41.0 Å². The van der Waals surface area contributed by atoms with E-state index in [1.165, 1.54) is 6.08 Å². The maximum absolute atomic E-state index is 11.7. The number of piperidine rings is 1. The molecule has 1 saturated heterocycles. The Morgan fingerprint density at radius 2 is 2.04 bits per heavy atom. The fourth-order valence-electron chi connectivity index (χ4n) is 3.06. The second-order valence-electron chi connectivity index (χ2n) is 5.88. The van der Waals surface area contributed by atoms with E-state index in [0.29, 0.717) is 41.7 Å². The third-order valence-electron chi connectivity index (χ3n) is 4.44. The number of carbonyl (C=O) groups excluding carboxylic acids is 1. The van der Waals surface area contributed by atoms with Crippen molar-refractivity contribution in [2.45, 2.75) is 18.8 Å². The average Bonchev–Trinajstić information content (AvgIpc) is 2.61. The van der Waals surface area contributed by atoms with Gasteiger partial charge in [-0.25, -0.2) is 9.97 Å². The van der Waals surface area contributed by atoms with E-state index >= 15 is 0 Å². The molecular weight excluding hydrogens is 306 g/mol. The maximum atomic E-state index is 11.7. The molecule has 0 spiro atoms. The van der Waals surface area contributed by atoms with Crippen LogP contribution >= 0.6 is 0 Å². The third kappa shape index (κ3) is 2.84. The highest BCUT2D eigenvalue weighted by molar-refractivity contribution is 5.92. The minimum atomic E-state index is -0.0346. The first kappa shape index (κ1) is 16.0.